The third kappa shape index (κ3) is 3.59. The van der Waals surface area contributed by atoms with Gasteiger partial charge in [0.05, 0.1) is 6.04 Å². The SMILES string of the molecule is COCC(=O)N1C[C@H]2CN(c3nc(C)nc(C)c3C)C[C@H]2[C@@H]1c1cccc(F)c1. The van der Waals surface area contributed by atoms with Crippen LogP contribution in [-0.4, -0.2) is 54.1 Å². The van der Waals surface area contributed by atoms with Crippen LogP contribution in [-0.2, 0) is 9.53 Å². The van der Waals surface area contributed by atoms with Crippen molar-refractivity contribution in [2.24, 2.45) is 11.8 Å². The minimum Gasteiger partial charge on any atom is -0.375 e. The zero-order valence-corrected chi connectivity index (χ0v) is 17.4. The van der Waals surface area contributed by atoms with Crippen molar-refractivity contribution in [1.29, 1.82) is 0 Å². The Balaban J connectivity index is 1.66. The Morgan fingerprint density at radius 1 is 1.21 bits per heavy atom. The Labute approximate surface area is 170 Å². The predicted octanol–water partition coefficient (Wildman–Crippen LogP) is 2.82. The molecule has 3 heterocycles. The van der Waals surface area contributed by atoms with Crippen LogP contribution in [0.5, 0.6) is 0 Å². The van der Waals surface area contributed by atoms with Crippen molar-refractivity contribution in [2.75, 3.05) is 38.3 Å². The minimum absolute atomic E-state index is 0.0401. The van der Waals surface area contributed by atoms with E-state index in [1.54, 1.807) is 12.1 Å². The topological polar surface area (TPSA) is 58.6 Å². The monoisotopic (exact) mass is 398 g/mol. The van der Waals surface area contributed by atoms with E-state index >= 15 is 0 Å². The van der Waals surface area contributed by atoms with E-state index in [9.17, 15) is 9.18 Å². The van der Waals surface area contributed by atoms with E-state index in [1.807, 2.05) is 24.8 Å². The van der Waals surface area contributed by atoms with Gasteiger partial charge in [0.1, 0.15) is 24.1 Å². The highest BCUT2D eigenvalue weighted by Crippen LogP contribution is 2.46. The van der Waals surface area contributed by atoms with Crippen LogP contribution in [0.25, 0.3) is 0 Å². The van der Waals surface area contributed by atoms with Crippen LogP contribution in [0.4, 0.5) is 10.2 Å². The summed E-state index contributed by atoms with van der Waals surface area (Å²) in [7, 11) is 1.52. The minimum atomic E-state index is -0.280. The molecule has 7 heteroatoms. The maximum Gasteiger partial charge on any atom is 0.249 e. The van der Waals surface area contributed by atoms with Crippen molar-refractivity contribution in [3.63, 3.8) is 0 Å². The fraction of sp³-hybridized carbons (Fsp3) is 0.500. The van der Waals surface area contributed by atoms with E-state index in [0.717, 1.165) is 41.6 Å². The number of hydrogen-bond acceptors (Lipinski definition) is 5. The number of methoxy groups -OCH3 is 1. The molecular formula is C22H27FN4O2. The van der Waals surface area contributed by atoms with Crippen molar-refractivity contribution in [1.82, 2.24) is 14.9 Å². The van der Waals surface area contributed by atoms with Gasteiger partial charge in [-0.05, 0) is 38.5 Å². The maximum absolute atomic E-state index is 14.0. The molecule has 3 atom stereocenters. The van der Waals surface area contributed by atoms with E-state index in [4.69, 9.17) is 9.72 Å². The fourth-order valence-corrected chi connectivity index (χ4v) is 4.86. The number of halogens is 1. The number of rotatable bonds is 4. The average molecular weight is 398 g/mol. The summed E-state index contributed by atoms with van der Waals surface area (Å²) in [6, 6.07) is 6.45. The summed E-state index contributed by atoms with van der Waals surface area (Å²) >= 11 is 0. The summed E-state index contributed by atoms with van der Waals surface area (Å²) in [5.74, 6) is 1.92. The van der Waals surface area contributed by atoms with Gasteiger partial charge in [0, 0.05) is 49.8 Å². The lowest BCUT2D eigenvalue weighted by Crippen LogP contribution is -2.38. The van der Waals surface area contributed by atoms with Gasteiger partial charge in [-0.15, -0.1) is 0 Å². The second-order valence-electron chi connectivity index (χ2n) is 8.11. The number of hydrogen-bond donors (Lipinski definition) is 0. The first-order valence-electron chi connectivity index (χ1n) is 9.99. The lowest BCUT2D eigenvalue weighted by molar-refractivity contribution is -0.136. The maximum atomic E-state index is 14.0. The summed E-state index contributed by atoms with van der Waals surface area (Å²) in [5, 5.41) is 0. The Morgan fingerprint density at radius 3 is 2.72 bits per heavy atom. The fourth-order valence-electron chi connectivity index (χ4n) is 4.86. The number of aryl methyl sites for hydroxylation is 2. The molecule has 2 fully saturated rings. The van der Waals surface area contributed by atoms with Crippen LogP contribution >= 0.6 is 0 Å². The zero-order chi connectivity index (χ0) is 20.7. The van der Waals surface area contributed by atoms with Gasteiger partial charge in [-0.2, -0.15) is 0 Å². The van der Waals surface area contributed by atoms with Gasteiger partial charge < -0.3 is 14.5 Å². The van der Waals surface area contributed by atoms with E-state index in [0.29, 0.717) is 12.5 Å². The number of ether oxygens (including phenoxy) is 1. The molecule has 0 N–H and O–H groups in total. The third-order valence-electron chi connectivity index (χ3n) is 6.22. The molecule has 1 aromatic carbocycles. The summed E-state index contributed by atoms with van der Waals surface area (Å²) in [6.45, 7) is 8.25. The molecule has 1 amide bonds. The molecule has 0 radical (unpaired) electrons. The van der Waals surface area contributed by atoms with Crippen LogP contribution in [0.2, 0.25) is 0 Å². The van der Waals surface area contributed by atoms with Crippen molar-refractivity contribution >= 4 is 11.7 Å². The molecule has 2 aliphatic rings. The van der Waals surface area contributed by atoms with Crippen LogP contribution in [0, 0.1) is 38.4 Å². The molecule has 0 saturated carbocycles. The highest BCUT2D eigenvalue weighted by atomic mass is 19.1. The Bertz CT molecular complexity index is 935. The average Bonchev–Trinajstić information content (AvgIpc) is 3.22. The number of benzene rings is 1. The molecular weight excluding hydrogens is 371 g/mol. The highest BCUT2D eigenvalue weighted by Gasteiger charge is 2.49. The van der Waals surface area contributed by atoms with Crippen LogP contribution < -0.4 is 4.90 Å². The smallest absolute Gasteiger partial charge is 0.249 e. The first kappa shape index (κ1) is 19.8. The lowest BCUT2D eigenvalue weighted by Gasteiger charge is -2.30. The number of amides is 1. The number of aromatic nitrogens is 2. The molecule has 0 bridgehead atoms. The molecule has 29 heavy (non-hydrogen) atoms. The number of nitrogens with zero attached hydrogens (tertiary/aromatic N) is 4. The van der Waals surface area contributed by atoms with Crippen LogP contribution in [0.15, 0.2) is 24.3 Å². The van der Waals surface area contributed by atoms with Crippen molar-refractivity contribution in [3.05, 3.63) is 52.7 Å². The van der Waals surface area contributed by atoms with E-state index < -0.39 is 0 Å². The van der Waals surface area contributed by atoms with E-state index in [2.05, 4.69) is 16.8 Å². The summed E-state index contributed by atoms with van der Waals surface area (Å²) < 4.78 is 19.1. The molecule has 2 aliphatic heterocycles. The molecule has 2 saturated heterocycles. The zero-order valence-electron chi connectivity index (χ0n) is 17.4. The summed E-state index contributed by atoms with van der Waals surface area (Å²) in [4.78, 5) is 26.0. The second-order valence-corrected chi connectivity index (χ2v) is 8.11. The number of fused-ring (bicyclic) bond motifs is 1. The van der Waals surface area contributed by atoms with Gasteiger partial charge in [0.25, 0.3) is 0 Å². The van der Waals surface area contributed by atoms with Crippen molar-refractivity contribution in [3.8, 4) is 0 Å². The number of likely N-dealkylation sites (tertiary alicyclic amines) is 1. The molecule has 1 aromatic heterocycles. The van der Waals surface area contributed by atoms with Gasteiger partial charge in [0.2, 0.25) is 5.91 Å². The summed E-state index contributed by atoms with van der Waals surface area (Å²) in [5.41, 5.74) is 2.92. The number of carbonyl (C=O) groups excluding carboxylic acids is 1. The van der Waals surface area contributed by atoms with Crippen LogP contribution in [0.1, 0.15) is 28.7 Å². The first-order chi connectivity index (χ1) is 13.9. The first-order valence-corrected chi connectivity index (χ1v) is 9.99. The molecule has 6 nitrogen and oxygen atoms in total. The van der Waals surface area contributed by atoms with Crippen molar-refractivity contribution < 1.29 is 13.9 Å². The van der Waals surface area contributed by atoms with Gasteiger partial charge in [0.15, 0.2) is 0 Å². The molecule has 2 aromatic rings. The lowest BCUT2D eigenvalue weighted by atomic mass is 9.89. The quantitative estimate of drug-likeness (QED) is 0.793. The molecule has 0 spiro atoms. The predicted molar refractivity (Wildman–Crippen MR) is 108 cm³/mol. The summed E-state index contributed by atoms with van der Waals surface area (Å²) in [6.07, 6.45) is 0. The Morgan fingerprint density at radius 2 is 2.00 bits per heavy atom. The molecule has 0 unspecified atom stereocenters. The normalized spacial score (nSPS) is 23.6. The molecule has 4 rings (SSSR count). The number of anilines is 1. The third-order valence-corrected chi connectivity index (χ3v) is 6.22. The second kappa shape index (κ2) is 7.71. The van der Waals surface area contributed by atoms with Crippen molar-refractivity contribution in [2.45, 2.75) is 26.8 Å². The van der Waals surface area contributed by atoms with Gasteiger partial charge >= 0.3 is 0 Å². The molecule has 154 valence electrons. The van der Waals surface area contributed by atoms with Gasteiger partial charge in [-0.1, -0.05) is 12.1 Å². The van der Waals surface area contributed by atoms with Crippen LogP contribution in [0.3, 0.4) is 0 Å². The standard InChI is InChI=1S/C22H27FN4O2/c1-13-14(2)24-15(3)25-22(13)26-9-17-10-27(20(28)12-29-4)21(19(17)11-26)16-6-5-7-18(23)8-16/h5-8,17,19,21H,9-12H2,1-4H3/t17-,19-,21+/m1/s1. The number of carbonyl (C=O) groups is 1. The highest BCUT2D eigenvalue weighted by molar-refractivity contribution is 5.78. The largest absolute Gasteiger partial charge is 0.375 e. The Hall–Kier alpha value is -2.54. The van der Waals surface area contributed by atoms with E-state index in [-0.39, 0.29) is 30.3 Å². The Kier molecular flexibility index (Phi) is 5.25. The van der Waals surface area contributed by atoms with Gasteiger partial charge in [-0.3, -0.25) is 4.79 Å². The molecule has 0 aliphatic carbocycles. The van der Waals surface area contributed by atoms with Gasteiger partial charge in [-0.25, -0.2) is 14.4 Å². The van der Waals surface area contributed by atoms with E-state index in [1.165, 1.54) is 13.2 Å².